The van der Waals surface area contributed by atoms with Crippen LogP contribution in [0.15, 0.2) is 18.2 Å². The molecule has 0 atom stereocenters. The van der Waals surface area contributed by atoms with Gasteiger partial charge >= 0.3 is 0 Å². The molecule has 2 saturated heterocycles. The maximum absolute atomic E-state index is 12.7. The molecule has 0 bridgehead atoms. The number of halogens is 1. The van der Waals surface area contributed by atoms with E-state index in [0.717, 1.165) is 64.8 Å². The van der Waals surface area contributed by atoms with E-state index in [-0.39, 0.29) is 24.2 Å². The van der Waals surface area contributed by atoms with Gasteiger partial charge in [0.15, 0.2) is 0 Å². The van der Waals surface area contributed by atoms with Crippen molar-refractivity contribution < 1.29 is 9.59 Å². The van der Waals surface area contributed by atoms with Gasteiger partial charge in [-0.3, -0.25) is 9.59 Å². The first-order valence-corrected chi connectivity index (χ1v) is 9.39. The van der Waals surface area contributed by atoms with Crippen molar-refractivity contribution in [1.29, 1.82) is 0 Å². The van der Waals surface area contributed by atoms with Gasteiger partial charge in [0.1, 0.15) is 11.4 Å². The number of nitrogens with one attached hydrogen (secondary N) is 1. The van der Waals surface area contributed by atoms with Crippen molar-refractivity contribution in [2.75, 3.05) is 39.8 Å². The summed E-state index contributed by atoms with van der Waals surface area (Å²) in [5, 5.41) is 3.19. The normalized spacial score (nSPS) is 17.9. The molecule has 1 N–H and O–H groups in total. The Bertz CT molecular complexity index is 611. The average molecular weight is 381 g/mol. The van der Waals surface area contributed by atoms with E-state index < -0.39 is 0 Å². The highest BCUT2D eigenvalue weighted by Crippen LogP contribution is 2.21. The van der Waals surface area contributed by atoms with Crippen molar-refractivity contribution in [2.24, 2.45) is 5.92 Å². The van der Waals surface area contributed by atoms with E-state index in [4.69, 9.17) is 0 Å². The molecule has 1 aromatic heterocycles. The fourth-order valence-corrected chi connectivity index (χ4v) is 3.69. The monoisotopic (exact) mass is 380 g/mol. The van der Waals surface area contributed by atoms with Crippen LogP contribution in [0.3, 0.4) is 0 Å². The number of nitrogens with zero attached hydrogens (tertiary/aromatic N) is 3. The number of hydrogen-bond donors (Lipinski definition) is 1. The van der Waals surface area contributed by atoms with Crippen LogP contribution in [0.2, 0.25) is 0 Å². The summed E-state index contributed by atoms with van der Waals surface area (Å²) in [6.07, 6.45) is 5.34. The molecule has 2 aliphatic heterocycles. The molecule has 0 aromatic carbocycles. The summed E-state index contributed by atoms with van der Waals surface area (Å²) in [5.74, 6) is 0.577. The van der Waals surface area contributed by atoms with Gasteiger partial charge in [-0.25, -0.2) is 4.98 Å². The molecule has 3 rings (SSSR count). The molecule has 144 valence electrons. The number of aromatic nitrogens is 1. The first-order chi connectivity index (χ1) is 12.2. The zero-order valence-electron chi connectivity index (χ0n) is 15.4. The molecule has 7 heteroatoms. The van der Waals surface area contributed by atoms with Crippen LogP contribution < -0.4 is 5.32 Å². The first-order valence-electron chi connectivity index (χ1n) is 9.39. The molecule has 3 heterocycles. The minimum Gasteiger partial charge on any atom is -0.337 e. The van der Waals surface area contributed by atoms with Crippen LogP contribution in [0.1, 0.15) is 53.1 Å². The maximum Gasteiger partial charge on any atom is 0.272 e. The molecule has 2 amide bonds. The Morgan fingerprint density at radius 3 is 2.12 bits per heavy atom. The fraction of sp³-hybridized carbons (Fsp3) is 0.632. The number of amides is 2. The molecule has 2 fully saturated rings. The van der Waals surface area contributed by atoms with Crippen molar-refractivity contribution in [3.05, 3.63) is 29.6 Å². The van der Waals surface area contributed by atoms with E-state index in [0.29, 0.717) is 17.3 Å². The third-order valence-corrected chi connectivity index (χ3v) is 5.28. The molecule has 0 unspecified atom stereocenters. The number of carbonyl (C=O) groups is 2. The Labute approximate surface area is 161 Å². The predicted molar refractivity (Wildman–Crippen MR) is 104 cm³/mol. The zero-order valence-corrected chi connectivity index (χ0v) is 16.3. The second-order valence-corrected chi connectivity index (χ2v) is 7.04. The lowest BCUT2D eigenvalue weighted by molar-refractivity contribution is 0.0680. The van der Waals surface area contributed by atoms with Gasteiger partial charge in [0.2, 0.25) is 0 Å². The average Bonchev–Trinajstić information content (AvgIpc) is 3.20. The zero-order chi connectivity index (χ0) is 17.6. The maximum atomic E-state index is 12.7. The van der Waals surface area contributed by atoms with E-state index in [1.165, 1.54) is 0 Å². The minimum absolute atomic E-state index is 0. The number of carbonyl (C=O) groups excluding carboxylic acids is 2. The number of hydrogen-bond acceptors (Lipinski definition) is 4. The quantitative estimate of drug-likeness (QED) is 0.850. The SMILES string of the molecule is CNCCC1CCN(C(=O)c2cccc(C(=O)N3CCCC3)n2)CC1.Cl. The molecule has 0 radical (unpaired) electrons. The van der Waals surface area contributed by atoms with E-state index in [2.05, 4.69) is 10.3 Å². The predicted octanol–water partition coefficient (Wildman–Crippen LogP) is 2.20. The van der Waals surface area contributed by atoms with Crippen LogP contribution in [0.25, 0.3) is 0 Å². The minimum atomic E-state index is -0.0575. The highest BCUT2D eigenvalue weighted by molar-refractivity contribution is 5.96. The van der Waals surface area contributed by atoms with Crippen LogP contribution in [0, 0.1) is 5.92 Å². The Morgan fingerprint density at radius 2 is 1.58 bits per heavy atom. The molecule has 1 aromatic rings. The van der Waals surface area contributed by atoms with Crippen LogP contribution in [0.4, 0.5) is 0 Å². The van der Waals surface area contributed by atoms with Crippen LogP contribution in [-0.2, 0) is 0 Å². The number of likely N-dealkylation sites (tertiary alicyclic amines) is 2. The summed E-state index contributed by atoms with van der Waals surface area (Å²) in [4.78, 5) is 33.3. The third kappa shape index (κ3) is 4.95. The number of rotatable bonds is 5. The van der Waals surface area contributed by atoms with Crippen molar-refractivity contribution in [3.63, 3.8) is 0 Å². The van der Waals surface area contributed by atoms with Gasteiger partial charge in [0, 0.05) is 26.2 Å². The van der Waals surface area contributed by atoms with Gasteiger partial charge in [0.25, 0.3) is 11.8 Å². The molecule has 0 spiro atoms. The van der Waals surface area contributed by atoms with Gasteiger partial charge < -0.3 is 15.1 Å². The topological polar surface area (TPSA) is 65.5 Å². The van der Waals surface area contributed by atoms with Gasteiger partial charge in [-0.2, -0.15) is 0 Å². The molecular formula is C19H29ClN4O2. The second-order valence-electron chi connectivity index (χ2n) is 7.04. The molecule has 0 aliphatic carbocycles. The standard InChI is InChI=1S/C19H28N4O2.ClH/c1-20-10-7-15-8-13-23(14-9-15)19(25)17-6-4-5-16(21-17)18(24)22-11-2-3-12-22;/h4-6,15,20H,2-3,7-14H2,1H3;1H. The summed E-state index contributed by atoms with van der Waals surface area (Å²) in [6.45, 7) is 4.16. The van der Waals surface area contributed by atoms with E-state index in [9.17, 15) is 9.59 Å². The molecule has 26 heavy (non-hydrogen) atoms. The molecule has 2 aliphatic rings. The van der Waals surface area contributed by atoms with Crippen LogP contribution >= 0.6 is 12.4 Å². The Hall–Kier alpha value is -1.66. The lowest BCUT2D eigenvalue weighted by atomic mass is 9.93. The van der Waals surface area contributed by atoms with Gasteiger partial charge in [-0.05, 0) is 63.7 Å². The summed E-state index contributed by atoms with van der Waals surface area (Å²) in [5.41, 5.74) is 0.773. The Kier molecular flexibility index (Phi) is 7.85. The van der Waals surface area contributed by atoms with Crippen molar-refractivity contribution in [2.45, 2.75) is 32.1 Å². The first kappa shape index (κ1) is 20.6. The lowest BCUT2D eigenvalue weighted by Crippen LogP contribution is -2.39. The molecular weight excluding hydrogens is 352 g/mol. The van der Waals surface area contributed by atoms with Gasteiger partial charge in [-0.1, -0.05) is 6.07 Å². The Balaban J connectivity index is 0.00000243. The van der Waals surface area contributed by atoms with Crippen molar-refractivity contribution in [3.8, 4) is 0 Å². The highest BCUT2D eigenvalue weighted by atomic mass is 35.5. The lowest BCUT2D eigenvalue weighted by Gasteiger charge is -2.31. The van der Waals surface area contributed by atoms with Crippen LogP contribution in [0.5, 0.6) is 0 Å². The van der Waals surface area contributed by atoms with Gasteiger partial charge in [0.05, 0.1) is 0 Å². The van der Waals surface area contributed by atoms with Crippen LogP contribution in [-0.4, -0.2) is 66.4 Å². The van der Waals surface area contributed by atoms with Crippen molar-refractivity contribution in [1.82, 2.24) is 20.1 Å². The largest absolute Gasteiger partial charge is 0.337 e. The third-order valence-electron chi connectivity index (χ3n) is 5.28. The van der Waals surface area contributed by atoms with Crippen molar-refractivity contribution >= 4 is 24.2 Å². The summed E-state index contributed by atoms with van der Waals surface area (Å²) < 4.78 is 0. The highest BCUT2D eigenvalue weighted by Gasteiger charge is 2.26. The van der Waals surface area contributed by atoms with Gasteiger partial charge in [-0.15, -0.1) is 12.4 Å². The number of pyridine rings is 1. The van der Waals surface area contributed by atoms with E-state index in [1.54, 1.807) is 18.2 Å². The summed E-state index contributed by atoms with van der Waals surface area (Å²) in [7, 11) is 1.97. The number of piperidine rings is 1. The second kappa shape index (κ2) is 9.88. The summed E-state index contributed by atoms with van der Waals surface area (Å²) >= 11 is 0. The molecule has 6 nitrogen and oxygen atoms in total. The smallest absolute Gasteiger partial charge is 0.272 e. The Morgan fingerprint density at radius 1 is 1.04 bits per heavy atom. The fourth-order valence-electron chi connectivity index (χ4n) is 3.69. The van der Waals surface area contributed by atoms with E-state index >= 15 is 0 Å². The van der Waals surface area contributed by atoms with E-state index in [1.807, 2.05) is 16.8 Å². The summed E-state index contributed by atoms with van der Waals surface area (Å²) in [6, 6.07) is 5.20. The molecule has 0 saturated carbocycles.